The fourth-order valence-corrected chi connectivity index (χ4v) is 3.99. The monoisotopic (exact) mass is 454 g/mol. The van der Waals surface area contributed by atoms with Crippen LogP contribution >= 0.6 is 16.3 Å². The average molecular weight is 455 g/mol. The second-order valence-electron chi connectivity index (χ2n) is 7.17. The standard InChI is InChI=1S/C25H27BrO3/c1-6-19-13-16(2)24(27-5)14-25(19)28-15-20-9-7-10-21(17(20)3)22-11-8-12-23(29-26)18(22)4/h7-14H,6,15H2,1-5H3. The third-order valence-corrected chi connectivity index (χ3v) is 5.79. The van der Waals surface area contributed by atoms with Crippen LogP contribution in [-0.4, -0.2) is 7.11 Å². The van der Waals surface area contributed by atoms with Gasteiger partial charge in [-0.3, -0.25) is 0 Å². The lowest BCUT2D eigenvalue weighted by Gasteiger charge is -2.17. The van der Waals surface area contributed by atoms with Crippen molar-refractivity contribution in [2.24, 2.45) is 0 Å². The van der Waals surface area contributed by atoms with Gasteiger partial charge in [-0.2, -0.15) is 0 Å². The average Bonchev–Trinajstić information content (AvgIpc) is 2.73. The first-order chi connectivity index (χ1) is 14.0. The molecule has 0 aliphatic carbocycles. The van der Waals surface area contributed by atoms with Gasteiger partial charge in [-0.1, -0.05) is 37.3 Å². The van der Waals surface area contributed by atoms with Gasteiger partial charge >= 0.3 is 0 Å². The Kier molecular flexibility index (Phi) is 6.86. The topological polar surface area (TPSA) is 27.7 Å². The van der Waals surface area contributed by atoms with Crippen LogP contribution in [0, 0.1) is 20.8 Å². The number of benzene rings is 3. The van der Waals surface area contributed by atoms with Crippen molar-refractivity contribution in [3.05, 3.63) is 76.3 Å². The summed E-state index contributed by atoms with van der Waals surface area (Å²) in [4.78, 5) is 0. The van der Waals surface area contributed by atoms with Crippen LogP contribution in [0.25, 0.3) is 11.1 Å². The highest BCUT2D eigenvalue weighted by molar-refractivity contribution is 9.06. The summed E-state index contributed by atoms with van der Waals surface area (Å²) in [5.74, 6) is 2.55. The highest BCUT2D eigenvalue weighted by Crippen LogP contribution is 2.34. The first-order valence-corrected chi connectivity index (χ1v) is 10.4. The molecule has 0 radical (unpaired) electrons. The molecule has 3 aromatic rings. The van der Waals surface area contributed by atoms with Gasteiger partial charge in [0.15, 0.2) is 16.3 Å². The van der Waals surface area contributed by atoms with Crippen molar-refractivity contribution in [3.8, 4) is 28.4 Å². The molecular formula is C25H27BrO3. The van der Waals surface area contributed by atoms with Crippen LogP contribution in [0.1, 0.15) is 34.7 Å². The van der Waals surface area contributed by atoms with Crippen molar-refractivity contribution in [1.29, 1.82) is 0 Å². The summed E-state index contributed by atoms with van der Waals surface area (Å²) in [6.07, 6.45) is 0.914. The van der Waals surface area contributed by atoms with Gasteiger partial charge < -0.3 is 13.3 Å². The van der Waals surface area contributed by atoms with Crippen LogP contribution in [0.15, 0.2) is 48.5 Å². The van der Waals surface area contributed by atoms with Crippen molar-refractivity contribution in [1.82, 2.24) is 0 Å². The number of hydrogen-bond donors (Lipinski definition) is 0. The van der Waals surface area contributed by atoms with E-state index in [-0.39, 0.29) is 0 Å². The molecule has 4 heteroatoms. The predicted molar refractivity (Wildman–Crippen MR) is 122 cm³/mol. The molecule has 152 valence electrons. The van der Waals surface area contributed by atoms with Crippen LogP contribution in [0.2, 0.25) is 0 Å². The number of aryl methyl sites for hydroxylation is 2. The van der Waals surface area contributed by atoms with Crippen molar-refractivity contribution in [2.45, 2.75) is 40.7 Å². The Morgan fingerprint density at radius 3 is 2.14 bits per heavy atom. The summed E-state index contributed by atoms with van der Waals surface area (Å²) in [7, 11) is 1.69. The molecule has 0 atom stereocenters. The zero-order valence-electron chi connectivity index (χ0n) is 17.6. The SMILES string of the molecule is CCc1cc(C)c(OC)cc1OCc1cccc(-c2cccc(OBr)c2C)c1C. The van der Waals surface area contributed by atoms with E-state index in [2.05, 4.69) is 74.3 Å². The van der Waals surface area contributed by atoms with Gasteiger partial charge in [0.2, 0.25) is 0 Å². The molecule has 0 amide bonds. The molecule has 3 aromatic carbocycles. The first-order valence-electron chi connectivity index (χ1n) is 9.77. The Morgan fingerprint density at radius 2 is 1.48 bits per heavy atom. The minimum atomic E-state index is 0.507. The quantitative estimate of drug-likeness (QED) is 0.380. The molecule has 0 N–H and O–H groups in total. The molecule has 29 heavy (non-hydrogen) atoms. The highest BCUT2D eigenvalue weighted by Gasteiger charge is 2.13. The van der Waals surface area contributed by atoms with Crippen LogP contribution in [-0.2, 0) is 13.0 Å². The molecule has 0 saturated carbocycles. The van der Waals surface area contributed by atoms with E-state index in [0.717, 1.165) is 45.9 Å². The van der Waals surface area contributed by atoms with Gasteiger partial charge in [-0.05, 0) is 72.7 Å². The first kappa shape index (κ1) is 21.3. The molecule has 0 saturated heterocycles. The normalized spacial score (nSPS) is 10.7. The Hall–Kier alpha value is -2.46. The van der Waals surface area contributed by atoms with E-state index in [9.17, 15) is 0 Å². The minimum absolute atomic E-state index is 0.507. The van der Waals surface area contributed by atoms with Crippen molar-refractivity contribution in [2.75, 3.05) is 7.11 Å². The lowest BCUT2D eigenvalue weighted by atomic mass is 9.93. The van der Waals surface area contributed by atoms with Crippen LogP contribution in [0.4, 0.5) is 0 Å². The molecule has 0 fully saturated rings. The third kappa shape index (κ3) is 4.43. The van der Waals surface area contributed by atoms with Crippen molar-refractivity contribution >= 4 is 16.3 Å². The molecule has 0 bridgehead atoms. The Labute approximate surface area is 182 Å². The number of halogens is 1. The highest BCUT2D eigenvalue weighted by atomic mass is 79.9. The van der Waals surface area contributed by atoms with Gasteiger partial charge in [0.05, 0.1) is 7.11 Å². The maximum Gasteiger partial charge on any atom is 0.179 e. The molecule has 0 aliphatic heterocycles. The Balaban J connectivity index is 1.92. The number of ether oxygens (including phenoxy) is 2. The van der Waals surface area contributed by atoms with Gasteiger partial charge in [0.1, 0.15) is 23.9 Å². The second kappa shape index (κ2) is 9.36. The fraction of sp³-hybridized carbons (Fsp3) is 0.280. The van der Waals surface area contributed by atoms with Crippen molar-refractivity contribution in [3.63, 3.8) is 0 Å². The molecule has 0 spiro atoms. The van der Waals surface area contributed by atoms with Crippen molar-refractivity contribution < 1.29 is 13.3 Å². The summed E-state index contributed by atoms with van der Waals surface area (Å²) in [5.41, 5.74) is 8.13. The molecule has 0 aromatic heterocycles. The van der Waals surface area contributed by atoms with E-state index in [0.29, 0.717) is 6.61 Å². The van der Waals surface area contributed by atoms with E-state index < -0.39 is 0 Å². The molecule has 0 heterocycles. The van der Waals surface area contributed by atoms with Gasteiger partial charge in [0.25, 0.3) is 0 Å². The largest absolute Gasteiger partial charge is 0.496 e. The second-order valence-corrected chi connectivity index (χ2v) is 7.49. The van der Waals surface area contributed by atoms with Crippen LogP contribution < -0.4 is 13.3 Å². The van der Waals surface area contributed by atoms with E-state index in [1.807, 2.05) is 18.2 Å². The summed E-state index contributed by atoms with van der Waals surface area (Å²) >= 11 is 3.10. The fourth-order valence-electron chi connectivity index (χ4n) is 3.64. The lowest BCUT2D eigenvalue weighted by molar-refractivity contribution is 0.299. The third-order valence-electron chi connectivity index (χ3n) is 5.45. The summed E-state index contributed by atoms with van der Waals surface area (Å²) in [6.45, 7) is 8.92. The van der Waals surface area contributed by atoms with Gasteiger partial charge in [-0.15, -0.1) is 0 Å². The molecule has 3 rings (SSSR count). The molecule has 3 nitrogen and oxygen atoms in total. The number of rotatable bonds is 7. The molecular weight excluding hydrogens is 428 g/mol. The zero-order valence-corrected chi connectivity index (χ0v) is 19.2. The predicted octanol–water partition coefficient (Wildman–Crippen LogP) is 7.12. The van der Waals surface area contributed by atoms with E-state index in [1.165, 1.54) is 16.7 Å². The van der Waals surface area contributed by atoms with Gasteiger partial charge in [0, 0.05) is 11.6 Å². The maximum atomic E-state index is 6.25. The Morgan fingerprint density at radius 1 is 0.793 bits per heavy atom. The smallest absolute Gasteiger partial charge is 0.179 e. The summed E-state index contributed by atoms with van der Waals surface area (Å²) < 4.78 is 17.0. The van der Waals surface area contributed by atoms with E-state index >= 15 is 0 Å². The zero-order chi connectivity index (χ0) is 21.0. The van der Waals surface area contributed by atoms with Crippen LogP contribution in [0.5, 0.6) is 17.2 Å². The maximum absolute atomic E-state index is 6.25. The summed E-state index contributed by atoms with van der Waals surface area (Å²) in [6, 6.07) is 16.6. The van der Waals surface area contributed by atoms with Crippen LogP contribution in [0.3, 0.4) is 0 Å². The van der Waals surface area contributed by atoms with E-state index in [4.69, 9.17) is 13.3 Å². The number of hydrogen-bond acceptors (Lipinski definition) is 3. The lowest BCUT2D eigenvalue weighted by Crippen LogP contribution is -2.02. The van der Waals surface area contributed by atoms with E-state index in [1.54, 1.807) is 7.11 Å². The minimum Gasteiger partial charge on any atom is -0.496 e. The Bertz CT molecular complexity index is 1010. The summed E-state index contributed by atoms with van der Waals surface area (Å²) in [5, 5.41) is 0. The molecule has 0 unspecified atom stereocenters. The van der Waals surface area contributed by atoms with Gasteiger partial charge in [-0.25, -0.2) is 0 Å². The number of methoxy groups -OCH3 is 1. The molecule has 0 aliphatic rings.